The molecule has 1 aliphatic rings. The van der Waals surface area contributed by atoms with Gasteiger partial charge in [-0.05, 0) is 6.07 Å². The van der Waals surface area contributed by atoms with Crippen molar-refractivity contribution in [3.05, 3.63) is 30.1 Å². The van der Waals surface area contributed by atoms with Gasteiger partial charge in [0, 0.05) is 18.4 Å². The van der Waals surface area contributed by atoms with Gasteiger partial charge in [-0.2, -0.15) is 0 Å². The minimum atomic E-state index is 0.509. The summed E-state index contributed by atoms with van der Waals surface area (Å²) in [4.78, 5) is 9.10. The Balaban J connectivity index is 0.000000448. The molecule has 3 aromatic rings. The Morgan fingerprint density at radius 1 is 1.04 bits per heavy atom. The van der Waals surface area contributed by atoms with Gasteiger partial charge in [-0.3, -0.25) is 0 Å². The van der Waals surface area contributed by atoms with Crippen LogP contribution in [0.15, 0.2) is 24.3 Å². The number of hydrogen-bond acceptors (Lipinski definition) is 4. The van der Waals surface area contributed by atoms with E-state index in [9.17, 15) is 0 Å². The van der Waals surface area contributed by atoms with E-state index in [2.05, 4.69) is 20.6 Å². The Hall–Kier alpha value is -2.14. The van der Waals surface area contributed by atoms with Crippen molar-refractivity contribution in [3.63, 3.8) is 0 Å². The van der Waals surface area contributed by atoms with Crippen LogP contribution in [0.5, 0.6) is 0 Å². The lowest BCUT2D eigenvalue weighted by molar-refractivity contribution is 0.141. The van der Waals surface area contributed by atoms with Gasteiger partial charge in [-0.15, -0.1) is 0 Å². The number of benzene rings is 1. The number of nitrogens with two attached hydrogens (primary N) is 1. The van der Waals surface area contributed by atoms with E-state index in [1.807, 2.05) is 45.9 Å². The molecule has 5 nitrogen and oxygen atoms in total. The van der Waals surface area contributed by atoms with Crippen LogP contribution < -0.4 is 5.73 Å². The molecule has 2 aromatic heterocycles. The maximum atomic E-state index is 6.06. The van der Waals surface area contributed by atoms with Gasteiger partial charge < -0.3 is 15.0 Å². The third-order valence-corrected chi connectivity index (χ3v) is 3.62. The fourth-order valence-corrected chi connectivity index (χ4v) is 2.76. The molecule has 0 saturated heterocycles. The van der Waals surface area contributed by atoms with Crippen molar-refractivity contribution in [1.29, 1.82) is 0 Å². The zero-order valence-electron chi connectivity index (χ0n) is 14.5. The maximum absolute atomic E-state index is 6.06. The van der Waals surface area contributed by atoms with E-state index < -0.39 is 0 Å². The van der Waals surface area contributed by atoms with Crippen LogP contribution in [0.25, 0.3) is 21.9 Å². The fraction of sp³-hybridized carbons (Fsp3) is 0.444. The van der Waals surface area contributed by atoms with Crippen LogP contribution in [-0.4, -0.2) is 27.7 Å². The fourth-order valence-electron chi connectivity index (χ4n) is 2.76. The quantitative estimate of drug-likeness (QED) is 0.685. The van der Waals surface area contributed by atoms with Gasteiger partial charge >= 0.3 is 0 Å². The smallest absolute Gasteiger partial charge is 0.152 e. The van der Waals surface area contributed by atoms with E-state index >= 15 is 0 Å². The maximum Gasteiger partial charge on any atom is 0.152 e. The first-order valence-corrected chi connectivity index (χ1v) is 8.45. The molecular formula is C18H26N4O. The van der Waals surface area contributed by atoms with Crippen LogP contribution in [0.3, 0.4) is 0 Å². The van der Waals surface area contributed by atoms with Crippen molar-refractivity contribution < 1.29 is 4.74 Å². The highest BCUT2D eigenvalue weighted by Gasteiger charge is 2.18. The molecule has 0 radical (unpaired) electrons. The molecular weight excluding hydrogens is 288 g/mol. The third-order valence-electron chi connectivity index (χ3n) is 3.62. The van der Waals surface area contributed by atoms with Crippen molar-refractivity contribution in [2.24, 2.45) is 0 Å². The predicted molar refractivity (Wildman–Crippen MR) is 96.7 cm³/mol. The average molecular weight is 314 g/mol. The number of fused-ring (bicyclic) bond motifs is 5. The topological polar surface area (TPSA) is 66.0 Å². The molecule has 0 fully saturated rings. The Morgan fingerprint density at radius 2 is 1.78 bits per heavy atom. The summed E-state index contributed by atoms with van der Waals surface area (Å²) in [5, 5.41) is 1.10. The number of rotatable bonds is 0. The molecule has 23 heavy (non-hydrogen) atoms. The Kier molecular flexibility index (Phi) is 5.93. The summed E-state index contributed by atoms with van der Waals surface area (Å²) < 4.78 is 7.74. The van der Waals surface area contributed by atoms with E-state index in [-0.39, 0.29) is 0 Å². The molecule has 3 heterocycles. The van der Waals surface area contributed by atoms with Crippen molar-refractivity contribution in [2.75, 3.05) is 18.9 Å². The summed E-state index contributed by atoms with van der Waals surface area (Å²) in [6, 6.07) is 8.05. The molecule has 0 unspecified atom stereocenters. The van der Waals surface area contributed by atoms with E-state index in [0.29, 0.717) is 12.4 Å². The van der Waals surface area contributed by atoms with Crippen LogP contribution in [0, 0.1) is 0 Å². The molecule has 0 saturated carbocycles. The van der Waals surface area contributed by atoms with E-state index in [4.69, 9.17) is 10.5 Å². The van der Waals surface area contributed by atoms with E-state index in [1.54, 1.807) is 0 Å². The highest BCUT2D eigenvalue weighted by molar-refractivity contribution is 6.06. The number of nitrogens with zero attached hydrogens (tertiary/aromatic N) is 3. The zero-order chi connectivity index (χ0) is 16.8. The van der Waals surface area contributed by atoms with Gasteiger partial charge in [0.25, 0.3) is 0 Å². The summed E-state index contributed by atoms with van der Waals surface area (Å²) in [5.74, 6) is 1.55. The second-order valence-electron chi connectivity index (χ2n) is 4.75. The first-order chi connectivity index (χ1) is 11.3. The number of nitrogen functional groups attached to an aromatic ring is 1. The number of para-hydroxylation sites is 1. The first kappa shape index (κ1) is 17.2. The number of anilines is 1. The normalized spacial score (nSPS) is 13.4. The van der Waals surface area contributed by atoms with Crippen LogP contribution in [0.4, 0.5) is 5.82 Å². The predicted octanol–water partition coefficient (Wildman–Crippen LogP) is 3.79. The number of pyridine rings is 1. The summed E-state index contributed by atoms with van der Waals surface area (Å²) in [5.41, 5.74) is 8.87. The molecule has 4 rings (SSSR count). The van der Waals surface area contributed by atoms with Crippen molar-refractivity contribution in [1.82, 2.24) is 14.5 Å². The van der Waals surface area contributed by atoms with Crippen LogP contribution in [-0.2, 0) is 17.7 Å². The van der Waals surface area contributed by atoms with Crippen molar-refractivity contribution >= 4 is 27.8 Å². The van der Waals surface area contributed by atoms with Crippen LogP contribution in [0.1, 0.15) is 33.5 Å². The third kappa shape index (κ3) is 3.15. The minimum absolute atomic E-state index is 0.509. The molecule has 1 aromatic carbocycles. The molecule has 0 amide bonds. The van der Waals surface area contributed by atoms with Gasteiger partial charge in [0.05, 0.1) is 24.2 Å². The summed E-state index contributed by atoms with van der Waals surface area (Å²) in [6.07, 6.45) is 0.822. The zero-order valence-corrected chi connectivity index (χ0v) is 14.5. The lowest BCUT2D eigenvalue weighted by Gasteiger charge is -2.07. The second-order valence-corrected chi connectivity index (χ2v) is 4.75. The van der Waals surface area contributed by atoms with Crippen molar-refractivity contribution in [3.8, 4) is 0 Å². The molecule has 0 atom stereocenters. The van der Waals surface area contributed by atoms with Gasteiger partial charge in [0.1, 0.15) is 11.3 Å². The number of aromatic nitrogens is 3. The first-order valence-electron chi connectivity index (χ1n) is 8.45. The molecule has 0 bridgehead atoms. The molecule has 5 heteroatoms. The monoisotopic (exact) mass is 314 g/mol. The van der Waals surface area contributed by atoms with Crippen LogP contribution in [0.2, 0.25) is 0 Å². The van der Waals surface area contributed by atoms with Gasteiger partial charge in [-0.1, -0.05) is 45.9 Å². The summed E-state index contributed by atoms with van der Waals surface area (Å²) in [7, 11) is 0. The lowest BCUT2D eigenvalue weighted by Crippen LogP contribution is -2.04. The molecule has 2 N–H and O–H groups in total. The Morgan fingerprint density at radius 3 is 2.57 bits per heavy atom. The average Bonchev–Trinajstić information content (AvgIpc) is 2.83. The SMILES string of the molecule is CC.CC.Nc1nc2ccccc2c2c1nc1n2CCOCC1. The lowest BCUT2D eigenvalue weighted by atomic mass is 10.2. The molecule has 124 valence electrons. The Labute approximate surface area is 137 Å². The minimum Gasteiger partial charge on any atom is -0.382 e. The van der Waals surface area contributed by atoms with Crippen LogP contribution >= 0.6 is 0 Å². The highest BCUT2D eigenvalue weighted by atomic mass is 16.5. The highest BCUT2D eigenvalue weighted by Crippen LogP contribution is 2.29. The second kappa shape index (κ2) is 7.92. The summed E-state index contributed by atoms with van der Waals surface area (Å²) >= 11 is 0. The standard InChI is InChI=1S/C14H14N4O.2C2H6/c15-14-12-13(9-3-1-2-4-10(9)16-14)18-6-8-19-7-5-11(18)17-12;2*1-2/h1-4H,5-8H2,(H2,15,16);2*1-2H3. The van der Waals surface area contributed by atoms with E-state index in [0.717, 1.165) is 47.3 Å². The number of imidazole rings is 1. The number of hydrogen-bond donors (Lipinski definition) is 1. The largest absolute Gasteiger partial charge is 0.382 e. The Bertz CT molecular complexity index is 779. The van der Waals surface area contributed by atoms with Crippen molar-refractivity contribution in [2.45, 2.75) is 40.7 Å². The molecule has 0 spiro atoms. The number of ether oxygens (including phenoxy) is 1. The van der Waals surface area contributed by atoms with Gasteiger partial charge in [0.2, 0.25) is 0 Å². The molecule has 1 aliphatic heterocycles. The molecule has 0 aliphatic carbocycles. The van der Waals surface area contributed by atoms with E-state index in [1.165, 1.54) is 0 Å². The van der Waals surface area contributed by atoms with Gasteiger partial charge in [-0.25, -0.2) is 9.97 Å². The summed E-state index contributed by atoms with van der Waals surface area (Å²) in [6.45, 7) is 10.3. The van der Waals surface area contributed by atoms with Gasteiger partial charge in [0.15, 0.2) is 5.82 Å².